The number of halogens is 1. The van der Waals surface area contributed by atoms with Crippen LogP contribution in [0.1, 0.15) is 64.8 Å². The molecular weight excluding hydrogens is 528 g/mol. The van der Waals surface area contributed by atoms with Gasteiger partial charge in [0.1, 0.15) is 0 Å². The summed E-state index contributed by atoms with van der Waals surface area (Å²) in [5, 5.41) is 0.997. The second-order valence-corrected chi connectivity index (χ2v) is 11.9. The number of anilines is 1. The minimum atomic E-state index is -0.252. The number of nitrogens with one attached hydrogen (secondary N) is 1. The predicted molar refractivity (Wildman–Crippen MR) is 152 cm³/mol. The first-order valence-corrected chi connectivity index (χ1v) is 14.4. The molecule has 6 nitrogen and oxygen atoms in total. The molecule has 0 unspecified atom stereocenters. The number of rotatable bonds is 3. The zero-order chi connectivity index (χ0) is 25.1. The van der Waals surface area contributed by atoms with E-state index in [1.165, 1.54) is 24.9 Å². The van der Waals surface area contributed by atoms with Gasteiger partial charge in [0.25, 0.3) is 0 Å². The molecule has 1 saturated carbocycles. The maximum Gasteiger partial charge on any atom is 0.195 e. The van der Waals surface area contributed by atoms with Crippen molar-refractivity contribution in [3.8, 4) is 0 Å². The monoisotopic (exact) mass is 560 g/mol. The number of H-pyrrole nitrogens is 1. The lowest BCUT2D eigenvalue weighted by Gasteiger charge is -2.45. The Balaban J connectivity index is 1.33. The largest absolute Gasteiger partial charge is 0.381 e. The molecule has 192 valence electrons. The second-order valence-electron chi connectivity index (χ2n) is 11.0. The number of benzene rings is 2. The molecule has 2 aliphatic heterocycles. The minimum Gasteiger partial charge on any atom is -0.381 e. The van der Waals surface area contributed by atoms with Crippen LogP contribution in [-0.4, -0.2) is 74.4 Å². The zero-order valence-electron chi connectivity index (χ0n) is 21.4. The predicted octanol–water partition coefficient (Wildman–Crippen LogP) is 5.29. The van der Waals surface area contributed by atoms with Crippen molar-refractivity contribution in [2.24, 2.45) is 4.99 Å². The number of carbonyl (C=O) groups is 1. The van der Waals surface area contributed by atoms with E-state index in [9.17, 15) is 4.79 Å². The van der Waals surface area contributed by atoms with Crippen molar-refractivity contribution in [2.75, 3.05) is 51.3 Å². The number of hydrogen-bond acceptors (Lipinski definition) is 5. The van der Waals surface area contributed by atoms with Gasteiger partial charge in [-0.25, -0.2) is 0 Å². The number of aromatic amines is 1. The van der Waals surface area contributed by atoms with Crippen LogP contribution in [0.2, 0.25) is 0 Å². The molecule has 2 aliphatic carbocycles. The van der Waals surface area contributed by atoms with Crippen molar-refractivity contribution in [2.45, 2.75) is 43.6 Å². The molecule has 2 saturated heterocycles. The van der Waals surface area contributed by atoms with Crippen LogP contribution in [0, 0.1) is 0 Å². The maximum absolute atomic E-state index is 14.1. The van der Waals surface area contributed by atoms with Crippen LogP contribution in [0.3, 0.4) is 0 Å². The molecule has 3 heterocycles. The van der Waals surface area contributed by atoms with Crippen LogP contribution in [0.15, 0.2) is 39.8 Å². The third-order valence-corrected chi connectivity index (χ3v) is 9.88. The quantitative estimate of drug-likeness (QED) is 0.442. The van der Waals surface area contributed by atoms with Gasteiger partial charge in [-0.2, -0.15) is 0 Å². The Morgan fingerprint density at radius 1 is 1.11 bits per heavy atom. The van der Waals surface area contributed by atoms with E-state index >= 15 is 0 Å². The van der Waals surface area contributed by atoms with Crippen molar-refractivity contribution < 1.29 is 9.53 Å². The van der Waals surface area contributed by atoms with E-state index in [1.807, 2.05) is 12.3 Å². The fourth-order valence-corrected chi connectivity index (χ4v) is 7.61. The fraction of sp³-hybridized carbons (Fsp3) is 0.467. The molecular formula is C30H33BrN4O2. The summed E-state index contributed by atoms with van der Waals surface area (Å²) in [5.41, 5.74) is 6.89. The Morgan fingerprint density at radius 3 is 2.59 bits per heavy atom. The van der Waals surface area contributed by atoms with E-state index in [2.05, 4.69) is 60.0 Å². The van der Waals surface area contributed by atoms with Crippen molar-refractivity contribution in [1.29, 1.82) is 0 Å². The first-order chi connectivity index (χ1) is 18.1. The lowest BCUT2D eigenvalue weighted by atomic mass is 9.64. The topological polar surface area (TPSA) is 60.9 Å². The zero-order valence-corrected chi connectivity index (χ0v) is 22.9. The third-order valence-electron chi connectivity index (χ3n) is 9.25. The molecule has 0 bridgehead atoms. The van der Waals surface area contributed by atoms with Crippen molar-refractivity contribution in [1.82, 2.24) is 9.88 Å². The van der Waals surface area contributed by atoms with Gasteiger partial charge in [-0.05, 0) is 70.9 Å². The van der Waals surface area contributed by atoms with E-state index < -0.39 is 0 Å². The molecule has 1 aromatic heterocycles. The number of piperazine rings is 1. The Kier molecular flexibility index (Phi) is 5.79. The summed E-state index contributed by atoms with van der Waals surface area (Å²) in [6.45, 7) is 5.67. The summed E-state index contributed by atoms with van der Waals surface area (Å²) in [6, 6.07) is 11.4. The average molecular weight is 562 g/mol. The number of ether oxygens (including phenoxy) is 1. The Hall–Kier alpha value is -2.48. The third kappa shape index (κ3) is 3.65. The summed E-state index contributed by atoms with van der Waals surface area (Å²) in [4.78, 5) is 27.2. The number of ketones is 1. The standard InChI is InChI=1S/C30H33BrN4O2/c1-32-18-19-5-6-21-25(15-19)33-29-27(21)28(36)22-16-24(31)26(17-23(22)30(29)7-13-37-14-8-30)35-11-9-34(10-12-35)20-3-2-4-20/h5-6,15-18,20,33H,2-4,7-14H2,1H3. The molecule has 0 amide bonds. The summed E-state index contributed by atoms with van der Waals surface area (Å²) < 4.78 is 6.88. The Labute approximate surface area is 226 Å². The van der Waals surface area contributed by atoms with Crippen LogP contribution < -0.4 is 4.90 Å². The van der Waals surface area contributed by atoms with Gasteiger partial charge in [-0.3, -0.25) is 14.7 Å². The lowest BCUT2D eigenvalue weighted by Crippen LogP contribution is -2.52. The summed E-state index contributed by atoms with van der Waals surface area (Å²) >= 11 is 3.87. The molecule has 4 aliphatic rings. The van der Waals surface area contributed by atoms with E-state index in [4.69, 9.17) is 4.74 Å². The van der Waals surface area contributed by atoms with Crippen LogP contribution in [0.4, 0.5) is 5.69 Å². The molecule has 7 rings (SSSR count). The van der Waals surface area contributed by atoms with Crippen LogP contribution in [0.5, 0.6) is 0 Å². The number of hydrogen-bond donors (Lipinski definition) is 1. The number of carbonyl (C=O) groups excluding carboxylic acids is 1. The van der Waals surface area contributed by atoms with E-state index in [1.54, 1.807) is 7.05 Å². The number of aromatic nitrogens is 1. The summed E-state index contributed by atoms with van der Waals surface area (Å²) in [5.74, 6) is 0.118. The van der Waals surface area contributed by atoms with E-state index in [0.29, 0.717) is 13.2 Å². The van der Waals surface area contributed by atoms with Crippen LogP contribution in [-0.2, 0) is 10.2 Å². The molecule has 3 aromatic rings. The molecule has 0 atom stereocenters. The number of aliphatic imine (C=N–C) groups is 1. The second kappa shape index (κ2) is 9.07. The fourth-order valence-electron chi connectivity index (χ4n) is 7.02. The number of nitrogens with zero attached hydrogens (tertiary/aromatic N) is 3. The first-order valence-electron chi connectivity index (χ1n) is 13.6. The normalized spacial score (nSPS) is 22.0. The molecule has 0 radical (unpaired) electrons. The van der Waals surface area contributed by atoms with Crippen molar-refractivity contribution in [3.05, 3.63) is 62.8 Å². The summed E-state index contributed by atoms with van der Waals surface area (Å²) in [6.07, 6.45) is 7.68. The van der Waals surface area contributed by atoms with E-state index in [0.717, 1.165) is 88.4 Å². The molecule has 2 aromatic carbocycles. The smallest absolute Gasteiger partial charge is 0.195 e. The number of fused-ring (bicyclic) bond motifs is 6. The Morgan fingerprint density at radius 2 is 1.89 bits per heavy atom. The maximum atomic E-state index is 14.1. The molecule has 1 N–H and O–H groups in total. The Bertz CT molecular complexity index is 1410. The van der Waals surface area contributed by atoms with Crippen molar-refractivity contribution >= 4 is 44.5 Å². The van der Waals surface area contributed by atoms with Gasteiger partial charge in [0.2, 0.25) is 0 Å². The molecule has 1 spiro atoms. The molecule has 37 heavy (non-hydrogen) atoms. The summed E-state index contributed by atoms with van der Waals surface area (Å²) in [7, 11) is 1.78. The van der Waals surface area contributed by atoms with E-state index in [-0.39, 0.29) is 11.2 Å². The van der Waals surface area contributed by atoms with Crippen molar-refractivity contribution in [3.63, 3.8) is 0 Å². The minimum absolute atomic E-state index is 0.118. The van der Waals surface area contributed by atoms with Gasteiger partial charge in [-0.1, -0.05) is 18.6 Å². The van der Waals surface area contributed by atoms with Gasteiger partial charge < -0.3 is 14.6 Å². The lowest BCUT2D eigenvalue weighted by molar-refractivity contribution is 0.0602. The van der Waals surface area contributed by atoms with Gasteiger partial charge >= 0.3 is 0 Å². The highest BCUT2D eigenvalue weighted by molar-refractivity contribution is 9.10. The molecule has 3 fully saturated rings. The van der Waals surface area contributed by atoms with Gasteiger partial charge in [0.05, 0.1) is 11.3 Å². The average Bonchev–Trinajstić information content (AvgIpc) is 3.27. The van der Waals surface area contributed by atoms with Gasteiger partial charge in [-0.15, -0.1) is 0 Å². The highest BCUT2D eigenvalue weighted by Gasteiger charge is 2.47. The molecule has 7 heteroatoms. The highest BCUT2D eigenvalue weighted by Crippen LogP contribution is 2.51. The van der Waals surface area contributed by atoms with Crippen LogP contribution >= 0.6 is 15.9 Å². The SMILES string of the molecule is CN=Cc1ccc2c3c([nH]c2c1)C1(CCOCC1)c1cc(N2CCN(C4CCC4)CC2)c(Br)cc1C3=O. The van der Waals surface area contributed by atoms with Crippen LogP contribution in [0.25, 0.3) is 10.9 Å². The highest BCUT2D eigenvalue weighted by atomic mass is 79.9. The van der Waals surface area contributed by atoms with Gasteiger partial charge in [0.15, 0.2) is 5.78 Å². The van der Waals surface area contributed by atoms with Gasteiger partial charge in [0, 0.05) is 90.7 Å². The first kappa shape index (κ1) is 23.6.